The van der Waals surface area contributed by atoms with Crippen molar-refractivity contribution in [3.05, 3.63) is 71.7 Å². The first-order valence-corrected chi connectivity index (χ1v) is 15.4. The zero-order valence-corrected chi connectivity index (χ0v) is 24.3. The molecule has 230 valence electrons. The number of carbonyl (C=O) groups is 1. The molecule has 1 amide bonds. The van der Waals surface area contributed by atoms with E-state index in [1.54, 1.807) is 6.07 Å². The molecule has 2 aliphatic heterocycles. The molecule has 0 radical (unpaired) electrons. The van der Waals surface area contributed by atoms with Gasteiger partial charge in [-0.1, -0.05) is 12.1 Å². The van der Waals surface area contributed by atoms with E-state index in [0.717, 1.165) is 48.1 Å². The predicted octanol–water partition coefficient (Wildman–Crippen LogP) is 3.91. The summed E-state index contributed by atoms with van der Waals surface area (Å²) in [6, 6.07) is 9.81. The number of hydrogen-bond acceptors (Lipinski definition) is 7. The van der Waals surface area contributed by atoms with Gasteiger partial charge in [0.15, 0.2) is 0 Å². The van der Waals surface area contributed by atoms with Crippen LogP contribution in [-0.2, 0) is 27.5 Å². The SMILES string of the molecule is CN1CCCN(c2nc(CNC(=O)[C@@H]3CCCN3S(=O)(=O)c3ccc(F)cc3)cc(-c3ccc(C(F)(F)F)cc3)n2)CC1. The third-order valence-corrected chi connectivity index (χ3v) is 9.57. The molecule has 1 N–H and O–H groups in total. The molecule has 2 aromatic carbocycles. The van der Waals surface area contributed by atoms with Crippen LogP contribution in [0.3, 0.4) is 0 Å². The third kappa shape index (κ3) is 7.13. The summed E-state index contributed by atoms with van der Waals surface area (Å²) >= 11 is 0. The second-order valence-electron chi connectivity index (χ2n) is 10.7. The fraction of sp³-hybridized carbons (Fsp3) is 0.414. The fourth-order valence-corrected chi connectivity index (χ4v) is 6.92. The molecule has 0 aliphatic carbocycles. The van der Waals surface area contributed by atoms with Crippen LogP contribution in [0.25, 0.3) is 11.3 Å². The summed E-state index contributed by atoms with van der Waals surface area (Å²) < 4.78 is 80.4. The molecule has 0 bridgehead atoms. The van der Waals surface area contributed by atoms with Crippen LogP contribution in [0.15, 0.2) is 59.5 Å². The van der Waals surface area contributed by atoms with Crippen molar-refractivity contribution in [1.29, 1.82) is 0 Å². The second kappa shape index (κ2) is 12.5. The smallest absolute Gasteiger partial charge is 0.349 e. The van der Waals surface area contributed by atoms with Crippen molar-refractivity contribution < 1.29 is 30.8 Å². The molecule has 43 heavy (non-hydrogen) atoms. The Bertz CT molecular complexity index is 1550. The van der Waals surface area contributed by atoms with Crippen molar-refractivity contribution in [2.24, 2.45) is 0 Å². The maximum absolute atomic E-state index is 13.4. The minimum absolute atomic E-state index is 0.0450. The van der Waals surface area contributed by atoms with Gasteiger partial charge in [-0.25, -0.2) is 22.8 Å². The van der Waals surface area contributed by atoms with Crippen LogP contribution in [0.4, 0.5) is 23.5 Å². The molecule has 14 heteroatoms. The van der Waals surface area contributed by atoms with Crippen LogP contribution >= 0.6 is 0 Å². The van der Waals surface area contributed by atoms with Gasteiger partial charge in [0.25, 0.3) is 0 Å². The van der Waals surface area contributed by atoms with E-state index in [2.05, 4.69) is 20.2 Å². The number of aromatic nitrogens is 2. The zero-order valence-electron chi connectivity index (χ0n) is 23.5. The van der Waals surface area contributed by atoms with Crippen LogP contribution < -0.4 is 10.2 Å². The van der Waals surface area contributed by atoms with E-state index >= 15 is 0 Å². The monoisotopic (exact) mass is 620 g/mol. The average molecular weight is 621 g/mol. The lowest BCUT2D eigenvalue weighted by atomic mass is 10.1. The molecule has 2 saturated heterocycles. The van der Waals surface area contributed by atoms with Crippen molar-refractivity contribution in [3.63, 3.8) is 0 Å². The van der Waals surface area contributed by atoms with Crippen LogP contribution in [0, 0.1) is 5.82 Å². The third-order valence-electron chi connectivity index (χ3n) is 7.65. The largest absolute Gasteiger partial charge is 0.416 e. The fourth-order valence-electron chi connectivity index (χ4n) is 5.27. The summed E-state index contributed by atoms with van der Waals surface area (Å²) in [4.78, 5) is 26.7. The standard InChI is InChI=1S/C29H32F4N6O3S/c1-37-13-3-14-38(17-16-37)28-35-23(18-25(36-28)20-5-7-21(8-6-20)29(31,32)33)19-34-27(40)26-4-2-15-39(26)43(41,42)24-11-9-22(30)10-12-24/h5-12,18,26H,2-4,13-17,19H2,1H3,(H,34,40)/t26-/m0/s1. The minimum Gasteiger partial charge on any atom is -0.349 e. The molecule has 5 rings (SSSR count). The van der Waals surface area contributed by atoms with E-state index in [0.29, 0.717) is 48.8 Å². The van der Waals surface area contributed by atoms with E-state index in [1.165, 1.54) is 24.3 Å². The van der Waals surface area contributed by atoms with E-state index in [1.807, 2.05) is 11.9 Å². The molecule has 0 saturated carbocycles. The summed E-state index contributed by atoms with van der Waals surface area (Å²) in [6.45, 7) is 3.12. The summed E-state index contributed by atoms with van der Waals surface area (Å²) in [5, 5.41) is 2.79. The number of carbonyl (C=O) groups excluding carboxylic acids is 1. The first-order valence-electron chi connectivity index (χ1n) is 14.0. The number of halogens is 4. The number of amides is 1. The Balaban J connectivity index is 1.38. The number of nitrogens with one attached hydrogen (secondary N) is 1. The van der Waals surface area contributed by atoms with Gasteiger partial charge in [-0.15, -0.1) is 0 Å². The zero-order chi connectivity index (χ0) is 30.8. The summed E-state index contributed by atoms with van der Waals surface area (Å²) in [5.41, 5.74) is 0.521. The molecular weight excluding hydrogens is 588 g/mol. The Hall–Kier alpha value is -3.62. The Morgan fingerprint density at radius 3 is 2.37 bits per heavy atom. The van der Waals surface area contributed by atoms with Crippen LogP contribution in [0.2, 0.25) is 0 Å². The van der Waals surface area contributed by atoms with Crippen molar-refractivity contribution in [3.8, 4) is 11.3 Å². The molecule has 1 aromatic heterocycles. The Labute approximate surface area is 247 Å². The molecule has 3 aromatic rings. The van der Waals surface area contributed by atoms with Gasteiger partial charge in [0.1, 0.15) is 11.9 Å². The number of likely N-dealkylation sites (N-methyl/N-ethyl adjacent to an activating group) is 1. The van der Waals surface area contributed by atoms with E-state index in [9.17, 15) is 30.8 Å². The molecule has 0 unspecified atom stereocenters. The van der Waals surface area contributed by atoms with Crippen LogP contribution in [0.5, 0.6) is 0 Å². The van der Waals surface area contributed by atoms with Gasteiger partial charge in [-0.3, -0.25) is 4.79 Å². The molecule has 3 heterocycles. The number of rotatable bonds is 7. The van der Waals surface area contributed by atoms with Gasteiger partial charge < -0.3 is 15.1 Å². The predicted molar refractivity (Wildman–Crippen MR) is 152 cm³/mol. The highest BCUT2D eigenvalue weighted by Gasteiger charge is 2.39. The second-order valence-corrected chi connectivity index (χ2v) is 12.6. The van der Waals surface area contributed by atoms with Gasteiger partial charge in [-0.2, -0.15) is 17.5 Å². The molecule has 2 fully saturated rings. The van der Waals surface area contributed by atoms with E-state index in [4.69, 9.17) is 0 Å². The minimum atomic E-state index is -4.47. The van der Waals surface area contributed by atoms with Crippen molar-refractivity contribution >= 4 is 21.9 Å². The highest BCUT2D eigenvalue weighted by atomic mass is 32.2. The summed E-state index contributed by atoms with van der Waals surface area (Å²) in [5.74, 6) is -0.670. The Kier molecular flexibility index (Phi) is 8.99. The number of hydrogen-bond donors (Lipinski definition) is 1. The van der Waals surface area contributed by atoms with Gasteiger partial charge in [0.2, 0.25) is 21.9 Å². The lowest BCUT2D eigenvalue weighted by Gasteiger charge is -2.24. The lowest BCUT2D eigenvalue weighted by Crippen LogP contribution is -2.45. The maximum atomic E-state index is 13.4. The average Bonchev–Trinajstić information content (AvgIpc) is 3.39. The Morgan fingerprint density at radius 2 is 1.67 bits per heavy atom. The van der Waals surface area contributed by atoms with Gasteiger partial charge >= 0.3 is 6.18 Å². The molecule has 0 spiro atoms. The normalized spacial score (nSPS) is 18.9. The summed E-state index contributed by atoms with van der Waals surface area (Å²) in [7, 11) is -2.01. The topological polar surface area (TPSA) is 98.7 Å². The molecule has 1 atom stereocenters. The van der Waals surface area contributed by atoms with Gasteiger partial charge in [0, 0.05) is 31.7 Å². The molecule has 9 nitrogen and oxygen atoms in total. The quantitative estimate of drug-likeness (QED) is 0.400. The highest BCUT2D eigenvalue weighted by molar-refractivity contribution is 7.89. The van der Waals surface area contributed by atoms with Gasteiger partial charge in [-0.05, 0) is 75.3 Å². The van der Waals surface area contributed by atoms with E-state index in [-0.39, 0.29) is 18.0 Å². The molecular formula is C29H32F4N6O3S. The van der Waals surface area contributed by atoms with Crippen LogP contribution in [0.1, 0.15) is 30.5 Å². The summed E-state index contributed by atoms with van der Waals surface area (Å²) in [6.07, 6.45) is -2.80. The number of anilines is 1. The van der Waals surface area contributed by atoms with Gasteiger partial charge in [0.05, 0.1) is 28.4 Å². The van der Waals surface area contributed by atoms with Crippen molar-refractivity contribution in [2.45, 2.75) is 42.9 Å². The number of benzene rings is 2. The highest BCUT2D eigenvalue weighted by Crippen LogP contribution is 2.31. The maximum Gasteiger partial charge on any atom is 0.416 e. The lowest BCUT2D eigenvalue weighted by molar-refractivity contribution is -0.137. The number of alkyl halides is 3. The number of nitrogens with zero attached hydrogens (tertiary/aromatic N) is 5. The first-order chi connectivity index (χ1) is 20.4. The van der Waals surface area contributed by atoms with E-state index < -0.39 is 39.5 Å². The molecule has 2 aliphatic rings. The first kappa shape index (κ1) is 30.8. The van der Waals surface area contributed by atoms with Crippen LogP contribution in [-0.4, -0.2) is 79.3 Å². The van der Waals surface area contributed by atoms with Crippen molar-refractivity contribution in [2.75, 3.05) is 44.7 Å². The Morgan fingerprint density at radius 1 is 0.953 bits per heavy atom. The van der Waals surface area contributed by atoms with Crippen molar-refractivity contribution in [1.82, 2.24) is 24.5 Å². The number of sulfonamides is 1.